The smallest absolute Gasteiger partial charge is 0.193 e. The van der Waals surface area contributed by atoms with E-state index in [1.165, 1.54) is 10.9 Å². The summed E-state index contributed by atoms with van der Waals surface area (Å²) in [5.74, 6) is 1.28. The average Bonchev–Trinajstić information content (AvgIpc) is 3.03. The second-order valence-corrected chi connectivity index (χ2v) is 6.50. The third-order valence-electron chi connectivity index (χ3n) is 4.02. The van der Waals surface area contributed by atoms with Gasteiger partial charge in [-0.05, 0) is 62.1 Å². The van der Waals surface area contributed by atoms with Crippen LogP contribution in [0.4, 0.5) is 5.69 Å². The normalized spacial score (nSPS) is 11.9. The lowest BCUT2D eigenvalue weighted by molar-refractivity contribution is 0.242. The number of aryl methyl sites for hydroxylation is 1. The molecule has 5 heteroatoms. The van der Waals surface area contributed by atoms with E-state index in [1.54, 1.807) is 0 Å². The number of aliphatic imine (C=N–C) groups is 1. The number of nitrogens with zero attached hydrogens (tertiary/aromatic N) is 2. The maximum atomic E-state index is 5.98. The summed E-state index contributed by atoms with van der Waals surface area (Å²) in [6.45, 7) is 5.62. The fourth-order valence-corrected chi connectivity index (χ4v) is 2.85. The number of benzene rings is 2. The predicted molar refractivity (Wildman–Crippen MR) is 109 cm³/mol. The van der Waals surface area contributed by atoms with Crippen molar-refractivity contribution >= 4 is 22.5 Å². The molecular formula is C21H26N4O. The van der Waals surface area contributed by atoms with Gasteiger partial charge in [0, 0.05) is 30.5 Å². The third-order valence-corrected chi connectivity index (χ3v) is 4.02. The van der Waals surface area contributed by atoms with Crippen LogP contribution in [0.2, 0.25) is 0 Å². The number of fused-ring (bicyclic) bond motifs is 1. The van der Waals surface area contributed by atoms with Gasteiger partial charge in [-0.2, -0.15) is 0 Å². The van der Waals surface area contributed by atoms with Crippen LogP contribution in [-0.4, -0.2) is 23.2 Å². The molecule has 0 radical (unpaired) electrons. The van der Waals surface area contributed by atoms with Crippen LogP contribution in [0.25, 0.3) is 10.9 Å². The number of guanidine groups is 1. The van der Waals surface area contributed by atoms with E-state index in [9.17, 15) is 0 Å². The van der Waals surface area contributed by atoms with Gasteiger partial charge in [-0.15, -0.1) is 0 Å². The van der Waals surface area contributed by atoms with E-state index < -0.39 is 0 Å². The summed E-state index contributed by atoms with van der Waals surface area (Å²) in [6.07, 6.45) is 3.22. The quantitative estimate of drug-likeness (QED) is 0.380. The first kappa shape index (κ1) is 17.9. The van der Waals surface area contributed by atoms with E-state index in [2.05, 4.69) is 51.4 Å². The molecule has 2 aromatic carbocycles. The van der Waals surface area contributed by atoms with Crippen LogP contribution in [0, 0.1) is 0 Å². The first-order valence-corrected chi connectivity index (χ1v) is 8.99. The number of para-hydroxylation sites is 1. The van der Waals surface area contributed by atoms with Crippen molar-refractivity contribution in [1.82, 2.24) is 4.57 Å². The Morgan fingerprint density at radius 2 is 1.88 bits per heavy atom. The summed E-state index contributed by atoms with van der Waals surface area (Å²) in [5, 5.41) is 4.38. The number of nitrogens with one attached hydrogen (secondary N) is 1. The van der Waals surface area contributed by atoms with Crippen LogP contribution in [0.15, 0.2) is 65.8 Å². The van der Waals surface area contributed by atoms with Gasteiger partial charge in [0.15, 0.2) is 5.96 Å². The molecule has 3 N–H and O–H groups in total. The maximum absolute atomic E-state index is 5.98. The fourth-order valence-electron chi connectivity index (χ4n) is 2.85. The first-order valence-electron chi connectivity index (χ1n) is 8.99. The van der Waals surface area contributed by atoms with Gasteiger partial charge in [0.2, 0.25) is 0 Å². The Morgan fingerprint density at radius 1 is 1.12 bits per heavy atom. The molecule has 0 unspecified atom stereocenters. The van der Waals surface area contributed by atoms with Crippen molar-refractivity contribution in [1.29, 1.82) is 0 Å². The lowest BCUT2D eigenvalue weighted by Gasteiger charge is -2.11. The van der Waals surface area contributed by atoms with Crippen molar-refractivity contribution in [3.8, 4) is 5.75 Å². The van der Waals surface area contributed by atoms with E-state index >= 15 is 0 Å². The zero-order valence-corrected chi connectivity index (χ0v) is 15.4. The molecule has 0 atom stereocenters. The zero-order valence-electron chi connectivity index (χ0n) is 15.4. The molecule has 3 aromatic rings. The van der Waals surface area contributed by atoms with Crippen LogP contribution in [-0.2, 0) is 6.54 Å². The van der Waals surface area contributed by atoms with Gasteiger partial charge in [-0.1, -0.05) is 18.2 Å². The van der Waals surface area contributed by atoms with Gasteiger partial charge < -0.3 is 20.4 Å². The van der Waals surface area contributed by atoms with E-state index in [-0.39, 0.29) is 6.10 Å². The van der Waals surface area contributed by atoms with Gasteiger partial charge in [0.1, 0.15) is 5.75 Å². The van der Waals surface area contributed by atoms with Crippen LogP contribution in [0.1, 0.15) is 20.3 Å². The van der Waals surface area contributed by atoms with E-state index in [0.29, 0.717) is 12.5 Å². The number of nitrogens with two attached hydrogens (primary N) is 1. The molecule has 1 heterocycles. The van der Waals surface area contributed by atoms with E-state index in [1.807, 2.05) is 38.1 Å². The first-order chi connectivity index (χ1) is 12.6. The highest BCUT2D eigenvalue weighted by Gasteiger charge is 2.01. The Labute approximate surface area is 154 Å². The third kappa shape index (κ3) is 4.79. The molecule has 26 heavy (non-hydrogen) atoms. The Morgan fingerprint density at radius 3 is 2.65 bits per heavy atom. The molecular weight excluding hydrogens is 324 g/mol. The second kappa shape index (κ2) is 8.43. The van der Waals surface area contributed by atoms with Crippen molar-refractivity contribution in [2.45, 2.75) is 32.9 Å². The standard InChI is InChI=1S/C21H26N4O/c1-16(2)26-19-10-8-18(9-11-19)24-21(22)23-13-5-14-25-15-12-17-6-3-4-7-20(17)25/h3-4,6-12,15-16H,5,13-14H2,1-2H3,(H3,22,23,24). The molecule has 0 aliphatic rings. The highest BCUT2D eigenvalue weighted by molar-refractivity contribution is 5.92. The number of hydrogen-bond acceptors (Lipinski definition) is 2. The van der Waals surface area contributed by atoms with Gasteiger partial charge in [-0.3, -0.25) is 4.99 Å². The monoisotopic (exact) mass is 350 g/mol. The van der Waals surface area contributed by atoms with Crippen molar-refractivity contribution in [3.63, 3.8) is 0 Å². The van der Waals surface area contributed by atoms with E-state index in [0.717, 1.165) is 24.4 Å². The van der Waals surface area contributed by atoms with Gasteiger partial charge in [0.05, 0.1) is 6.10 Å². The summed E-state index contributed by atoms with van der Waals surface area (Å²) in [6, 6.07) is 18.3. The molecule has 0 amide bonds. The minimum atomic E-state index is 0.165. The number of rotatable bonds is 7. The number of aromatic nitrogens is 1. The summed E-state index contributed by atoms with van der Waals surface area (Å²) in [5.41, 5.74) is 8.13. The SMILES string of the molecule is CC(C)Oc1ccc(NC(N)=NCCCn2ccc3ccccc32)cc1. The average molecular weight is 350 g/mol. The molecule has 0 aliphatic heterocycles. The minimum Gasteiger partial charge on any atom is -0.491 e. The van der Waals surface area contributed by atoms with Gasteiger partial charge in [0.25, 0.3) is 0 Å². The van der Waals surface area contributed by atoms with Crippen molar-refractivity contribution < 1.29 is 4.74 Å². The molecule has 0 fully saturated rings. The Balaban J connectivity index is 1.48. The maximum Gasteiger partial charge on any atom is 0.193 e. The Bertz CT molecular complexity index is 865. The number of anilines is 1. The van der Waals surface area contributed by atoms with Crippen LogP contribution < -0.4 is 15.8 Å². The van der Waals surface area contributed by atoms with Gasteiger partial charge >= 0.3 is 0 Å². The lowest BCUT2D eigenvalue weighted by Crippen LogP contribution is -2.23. The molecule has 0 aliphatic carbocycles. The molecule has 0 spiro atoms. The largest absolute Gasteiger partial charge is 0.491 e. The predicted octanol–water partition coefficient (Wildman–Crippen LogP) is 4.25. The Hall–Kier alpha value is -2.95. The van der Waals surface area contributed by atoms with Crippen LogP contribution in [0.3, 0.4) is 0 Å². The molecule has 5 nitrogen and oxygen atoms in total. The Kier molecular flexibility index (Phi) is 5.79. The molecule has 0 saturated heterocycles. The highest BCUT2D eigenvalue weighted by atomic mass is 16.5. The fraction of sp³-hybridized carbons (Fsp3) is 0.286. The molecule has 136 valence electrons. The summed E-state index contributed by atoms with van der Waals surface area (Å²) in [4.78, 5) is 4.41. The molecule has 0 bridgehead atoms. The molecule has 1 aromatic heterocycles. The van der Waals surface area contributed by atoms with Crippen molar-refractivity contribution in [2.75, 3.05) is 11.9 Å². The van der Waals surface area contributed by atoms with Crippen molar-refractivity contribution in [3.05, 3.63) is 60.8 Å². The summed E-state index contributed by atoms with van der Waals surface area (Å²) >= 11 is 0. The highest BCUT2D eigenvalue weighted by Crippen LogP contribution is 2.17. The number of hydrogen-bond donors (Lipinski definition) is 2. The zero-order chi connectivity index (χ0) is 18.4. The molecule has 3 rings (SSSR count). The van der Waals surface area contributed by atoms with Crippen LogP contribution in [0.5, 0.6) is 5.75 Å². The number of ether oxygens (including phenoxy) is 1. The second-order valence-electron chi connectivity index (χ2n) is 6.50. The van der Waals surface area contributed by atoms with Crippen molar-refractivity contribution in [2.24, 2.45) is 10.7 Å². The van der Waals surface area contributed by atoms with E-state index in [4.69, 9.17) is 10.5 Å². The summed E-state index contributed by atoms with van der Waals surface area (Å²) in [7, 11) is 0. The minimum absolute atomic E-state index is 0.165. The lowest BCUT2D eigenvalue weighted by atomic mass is 10.2. The van der Waals surface area contributed by atoms with Gasteiger partial charge in [-0.25, -0.2) is 0 Å². The molecule has 0 saturated carbocycles. The van der Waals surface area contributed by atoms with Crippen LogP contribution >= 0.6 is 0 Å². The summed E-state index contributed by atoms with van der Waals surface area (Å²) < 4.78 is 7.88. The topological polar surface area (TPSA) is 64.6 Å².